The summed E-state index contributed by atoms with van der Waals surface area (Å²) in [5, 5.41) is 0.983. The topological polar surface area (TPSA) is 22.1 Å². The van der Waals surface area contributed by atoms with Gasteiger partial charge in [0.1, 0.15) is 10.8 Å². The highest BCUT2D eigenvalue weighted by Crippen LogP contribution is 2.31. The molecule has 0 N–H and O–H groups in total. The first kappa shape index (κ1) is 10.5. The summed E-state index contributed by atoms with van der Waals surface area (Å²) >= 11 is 5.93. The highest BCUT2D eigenvalue weighted by atomic mass is 32.2. The van der Waals surface area contributed by atoms with Crippen LogP contribution >= 0.6 is 24.0 Å². The van der Waals surface area contributed by atoms with Gasteiger partial charge >= 0.3 is 0 Å². The second-order valence-electron chi connectivity index (χ2n) is 3.14. The van der Waals surface area contributed by atoms with Crippen LogP contribution in [0.15, 0.2) is 28.5 Å². The van der Waals surface area contributed by atoms with Crippen molar-refractivity contribution in [3.63, 3.8) is 0 Å². The second kappa shape index (κ2) is 4.24. The lowest BCUT2D eigenvalue weighted by Crippen LogP contribution is -1.83. The van der Waals surface area contributed by atoms with Gasteiger partial charge in [-0.2, -0.15) is 0 Å². The molecule has 0 atom stereocenters. The molecule has 4 heteroatoms. The van der Waals surface area contributed by atoms with Crippen molar-refractivity contribution >= 4 is 24.0 Å². The van der Waals surface area contributed by atoms with E-state index in [9.17, 15) is 0 Å². The standard InChI is InChI=1S/C11H11NOS2/c1-7-11(14)15-10(12-7)8-4-3-5-9(6-8)13-2/h3-6,14H,1-2H3. The summed E-state index contributed by atoms with van der Waals surface area (Å²) < 4.78 is 6.14. The van der Waals surface area contributed by atoms with Crippen molar-refractivity contribution in [3.05, 3.63) is 30.0 Å². The maximum absolute atomic E-state index is 5.17. The summed E-state index contributed by atoms with van der Waals surface area (Å²) in [4.78, 5) is 4.44. The molecule has 1 aromatic carbocycles. The van der Waals surface area contributed by atoms with Gasteiger partial charge in [0.25, 0.3) is 0 Å². The van der Waals surface area contributed by atoms with Crippen LogP contribution in [0.2, 0.25) is 0 Å². The molecule has 0 aliphatic heterocycles. The van der Waals surface area contributed by atoms with Gasteiger partial charge in [0, 0.05) is 5.56 Å². The summed E-state index contributed by atoms with van der Waals surface area (Å²) in [5.74, 6) is 0.848. The Morgan fingerprint density at radius 3 is 2.80 bits per heavy atom. The van der Waals surface area contributed by atoms with E-state index in [1.54, 1.807) is 18.4 Å². The van der Waals surface area contributed by atoms with Crippen LogP contribution < -0.4 is 4.74 Å². The van der Waals surface area contributed by atoms with Crippen LogP contribution in [0.5, 0.6) is 5.75 Å². The molecule has 2 rings (SSSR count). The molecular weight excluding hydrogens is 226 g/mol. The maximum atomic E-state index is 5.17. The normalized spacial score (nSPS) is 10.3. The number of thiol groups is 1. The number of thiazole rings is 1. The summed E-state index contributed by atoms with van der Waals surface area (Å²) in [7, 11) is 1.66. The van der Waals surface area contributed by atoms with Crippen LogP contribution in [0.3, 0.4) is 0 Å². The first-order valence-corrected chi connectivity index (χ1v) is 5.78. The Hall–Kier alpha value is -1.000. The van der Waals surface area contributed by atoms with Gasteiger partial charge in [-0.05, 0) is 19.1 Å². The van der Waals surface area contributed by atoms with Gasteiger partial charge in [0.15, 0.2) is 0 Å². The number of hydrogen-bond acceptors (Lipinski definition) is 4. The zero-order valence-corrected chi connectivity index (χ0v) is 10.2. The fourth-order valence-electron chi connectivity index (χ4n) is 1.27. The van der Waals surface area contributed by atoms with Gasteiger partial charge in [-0.15, -0.1) is 24.0 Å². The molecule has 0 aliphatic rings. The minimum absolute atomic E-state index is 0.848. The molecule has 1 aromatic heterocycles. The van der Waals surface area contributed by atoms with E-state index >= 15 is 0 Å². The van der Waals surface area contributed by atoms with E-state index in [4.69, 9.17) is 4.74 Å². The lowest BCUT2D eigenvalue weighted by molar-refractivity contribution is 0.415. The van der Waals surface area contributed by atoms with Crippen LogP contribution in [-0.4, -0.2) is 12.1 Å². The Morgan fingerprint density at radius 1 is 1.40 bits per heavy atom. The van der Waals surface area contributed by atoms with E-state index in [2.05, 4.69) is 17.6 Å². The number of nitrogens with zero attached hydrogens (tertiary/aromatic N) is 1. The van der Waals surface area contributed by atoms with Gasteiger partial charge < -0.3 is 4.74 Å². The Morgan fingerprint density at radius 2 is 2.20 bits per heavy atom. The van der Waals surface area contributed by atoms with Gasteiger partial charge in [-0.3, -0.25) is 0 Å². The third-order valence-corrected chi connectivity index (χ3v) is 3.70. The summed E-state index contributed by atoms with van der Waals surface area (Å²) in [5.41, 5.74) is 2.05. The predicted octanol–water partition coefficient (Wildman–Crippen LogP) is 3.42. The third-order valence-electron chi connectivity index (χ3n) is 2.09. The third kappa shape index (κ3) is 2.16. The Kier molecular flexibility index (Phi) is 2.98. The Labute approximate surface area is 98.3 Å². The van der Waals surface area contributed by atoms with Crippen molar-refractivity contribution in [2.45, 2.75) is 11.1 Å². The minimum Gasteiger partial charge on any atom is -0.497 e. The average Bonchev–Trinajstić information content (AvgIpc) is 2.59. The van der Waals surface area contributed by atoms with Crippen molar-refractivity contribution in [3.8, 4) is 16.3 Å². The van der Waals surface area contributed by atoms with Gasteiger partial charge in [-0.25, -0.2) is 4.98 Å². The average molecular weight is 237 g/mol. The molecule has 0 fully saturated rings. The minimum atomic E-state index is 0.848. The Bertz CT molecular complexity index is 460. The zero-order chi connectivity index (χ0) is 10.8. The molecule has 2 aromatic rings. The lowest BCUT2D eigenvalue weighted by atomic mass is 10.2. The molecular formula is C11H11NOS2. The van der Waals surface area contributed by atoms with Crippen molar-refractivity contribution < 1.29 is 4.74 Å². The molecule has 0 aliphatic carbocycles. The van der Waals surface area contributed by atoms with Gasteiger partial charge in [0.05, 0.1) is 17.0 Å². The molecule has 0 saturated heterocycles. The molecule has 1 heterocycles. The number of ether oxygens (including phenoxy) is 1. The van der Waals surface area contributed by atoms with E-state index < -0.39 is 0 Å². The van der Waals surface area contributed by atoms with Crippen molar-refractivity contribution in [2.75, 3.05) is 7.11 Å². The van der Waals surface area contributed by atoms with E-state index in [0.717, 1.165) is 26.2 Å². The number of rotatable bonds is 2. The van der Waals surface area contributed by atoms with Crippen LogP contribution in [0.1, 0.15) is 5.69 Å². The van der Waals surface area contributed by atoms with Crippen molar-refractivity contribution in [2.24, 2.45) is 0 Å². The monoisotopic (exact) mass is 237 g/mol. The molecule has 0 amide bonds. The maximum Gasteiger partial charge on any atom is 0.124 e. The molecule has 0 radical (unpaired) electrons. The van der Waals surface area contributed by atoms with E-state index in [-0.39, 0.29) is 0 Å². The molecule has 2 nitrogen and oxygen atoms in total. The SMILES string of the molecule is COc1cccc(-c2nc(C)c(S)s2)c1. The molecule has 15 heavy (non-hydrogen) atoms. The molecule has 0 saturated carbocycles. The fourth-order valence-corrected chi connectivity index (χ4v) is 2.38. The second-order valence-corrected chi connectivity index (χ2v) is 4.89. The molecule has 0 spiro atoms. The van der Waals surface area contributed by atoms with Gasteiger partial charge in [0.2, 0.25) is 0 Å². The van der Waals surface area contributed by atoms with E-state index in [1.807, 2.05) is 31.2 Å². The lowest BCUT2D eigenvalue weighted by Gasteiger charge is -2.00. The fraction of sp³-hybridized carbons (Fsp3) is 0.182. The Balaban J connectivity index is 2.44. The van der Waals surface area contributed by atoms with Crippen molar-refractivity contribution in [1.29, 1.82) is 0 Å². The largest absolute Gasteiger partial charge is 0.497 e. The molecule has 78 valence electrons. The number of methoxy groups -OCH3 is 1. The van der Waals surface area contributed by atoms with E-state index in [1.165, 1.54) is 0 Å². The first-order valence-electron chi connectivity index (χ1n) is 4.51. The zero-order valence-electron chi connectivity index (χ0n) is 8.52. The predicted molar refractivity (Wildman–Crippen MR) is 66.1 cm³/mol. The van der Waals surface area contributed by atoms with Gasteiger partial charge in [-0.1, -0.05) is 12.1 Å². The number of benzene rings is 1. The van der Waals surface area contributed by atoms with Crippen LogP contribution in [0.4, 0.5) is 0 Å². The van der Waals surface area contributed by atoms with E-state index in [0.29, 0.717) is 0 Å². The van der Waals surface area contributed by atoms with Crippen LogP contribution in [0, 0.1) is 6.92 Å². The number of aryl methyl sites for hydroxylation is 1. The van der Waals surface area contributed by atoms with Crippen LogP contribution in [0.25, 0.3) is 10.6 Å². The summed E-state index contributed by atoms with van der Waals surface area (Å²) in [6, 6.07) is 7.88. The summed E-state index contributed by atoms with van der Waals surface area (Å²) in [6.45, 7) is 1.96. The molecule has 0 unspecified atom stereocenters. The van der Waals surface area contributed by atoms with Crippen LogP contribution in [-0.2, 0) is 0 Å². The smallest absolute Gasteiger partial charge is 0.124 e. The quantitative estimate of drug-likeness (QED) is 0.808. The summed E-state index contributed by atoms with van der Waals surface area (Å²) in [6.07, 6.45) is 0. The highest BCUT2D eigenvalue weighted by Gasteiger charge is 2.07. The number of aromatic nitrogens is 1. The molecule has 0 bridgehead atoms. The number of hydrogen-bond donors (Lipinski definition) is 1. The first-order chi connectivity index (χ1) is 7.20. The van der Waals surface area contributed by atoms with Crippen molar-refractivity contribution in [1.82, 2.24) is 4.98 Å². The highest BCUT2D eigenvalue weighted by molar-refractivity contribution is 7.83.